The van der Waals surface area contributed by atoms with Gasteiger partial charge in [-0.25, -0.2) is 4.79 Å². The first kappa shape index (κ1) is 12.2. The Morgan fingerprint density at radius 2 is 2.24 bits per heavy atom. The van der Waals surface area contributed by atoms with Crippen molar-refractivity contribution >= 4 is 27.8 Å². The van der Waals surface area contributed by atoms with Crippen LogP contribution in [0.25, 0.3) is 0 Å². The van der Waals surface area contributed by atoms with E-state index in [1.165, 1.54) is 6.07 Å². The number of aliphatic carboxylic acids is 1. The van der Waals surface area contributed by atoms with Crippen molar-refractivity contribution in [2.24, 2.45) is 5.92 Å². The van der Waals surface area contributed by atoms with Crippen molar-refractivity contribution < 1.29 is 19.1 Å². The molecule has 1 fully saturated rings. The zero-order chi connectivity index (χ0) is 12.4. The quantitative estimate of drug-likeness (QED) is 0.872. The van der Waals surface area contributed by atoms with Crippen molar-refractivity contribution in [1.82, 2.24) is 5.32 Å². The molecule has 92 valence electrons. The molecule has 1 aromatic heterocycles. The fraction of sp³-hybridized carbons (Fsp3) is 0.455. The third-order valence-electron chi connectivity index (χ3n) is 2.67. The fourth-order valence-electron chi connectivity index (χ4n) is 1.57. The molecular weight excluding hydrogens is 290 g/mol. The zero-order valence-corrected chi connectivity index (χ0v) is 10.6. The van der Waals surface area contributed by atoms with E-state index in [2.05, 4.69) is 21.2 Å². The number of carbonyl (C=O) groups excluding carboxylic acids is 1. The van der Waals surface area contributed by atoms with Crippen molar-refractivity contribution in [3.63, 3.8) is 0 Å². The molecule has 1 aromatic rings. The molecule has 1 atom stereocenters. The summed E-state index contributed by atoms with van der Waals surface area (Å²) in [6, 6.07) is 2.25. The minimum Gasteiger partial charge on any atom is -0.480 e. The minimum absolute atomic E-state index is 0.110. The van der Waals surface area contributed by atoms with Crippen molar-refractivity contribution in [2.75, 3.05) is 0 Å². The van der Waals surface area contributed by atoms with Gasteiger partial charge in [0, 0.05) is 0 Å². The number of furan rings is 1. The van der Waals surface area contributed by atoms with Gasteiger partial charge in [0.2, 0.25) is 0 Å². The summed E-state index contributed by atoms with van der Waals surface area (Å²) in [5.74, 6) is -0.960. The van der Waals surface area contributed by atoms with Gasteiger partial charge in [0.25, 0.3) is 5.91 Å². The maximum atomic E-state index is 11.7. The van der Waals surface area contributed by atoms with E-state index >= 15 is 0 Å². The highest BCUT2D eigenvalue weighted by Gasteiger charge is 2.30. The summed E-state index contributed by atoms with van der Waals surface area (Å²) in [4.78, 5) is 22.7. The number of halogens is 1. The lowest BCUT2D eigenvalue weighted by Crippen LogP contribution is -2.41. The van der Waals surface area contributed by atoms with Crippen molar-refractivity contribution in [3.8, 4) is 0 Å². The number of rotatable bonds is 5. The molecule has 1 heterocycles. The smallest absolute Gasteiger partial charge is 0.326 e. The van der Waals surface area contributed by atoms with Gasteiger partial charge in [-0.05, 0) is 40.4 Å². The van der Waals surface area contributed by atoms with Crippen LogP contribution in [0.1, 0.15) is 29.8 Å². The molecule has 0 aromatic carbocycles. The molecule has 0 radical (unpaired) electrons. The lowest BCUT2D eigenvalue weighted by molar-refractivity contribution is -0.139. The molecule has 1 unspecified atom stereocenters. The molecule has 0 bridgehead atoms. The summed E-state index contributed by atoms with van der Waals surface area (Å²) in [6.45, 7) is 0. The monoisotopic (exact) mass is 301 g/mol. The van der Waals surface area contributed by atoms with Gasteiger partial charge in [0.05, 0.1) is 0 Å². The largest absolute Gasteiger partial charge is 0.480 e. The predicted octanol–water partition coefficient (Wildman–Crippen LogP) is 2.03. The summed E-state index contributed by atoms with van der Waals surface area (Å²) in [6.07, 6.45) is 2.58. The number of carboxylic acid groups (broad SMARTS) is 1. The van der Waals surface area contributed by atoms with Crippen LogP contribution in [0.2, 0.25) is 0 Å². The summed E-state index contributed by atoms with van der Waals surface area (Å²) in [5, 5.41) is 11.5. The first-order valence-corrected chi connectivity index (χ1v) is 6.14. The predicted molar refractivity (Wildman–Crippen MR) is 62.6 cm³/mol. The molecule has 1 saturated carbocycles. The van der Waals surface area contributed by atoms with Gasteiger partial charge < -0.3 is 14.8 Å². The fourth-order valence-corrected chi connectivity index (χ4v) is 1.88. The number of amides is 1. The van der Waals surface area contributed by atoms with Gasteiger partial charge in [0.15, 0.2) is 10.4 Å². The van der Waals surface area contributed by atoms with Crippen LogP contribution < -0.4 is 5.32 Å². The Hall–Kier alpha value is -1.30. The van der Waals surface area contributed by atoms with E-state index in [1.807, 2.05) is 0 Å². The van der Waals surface area contributed by atoms with E-state index < -0.39 is 17.9 Å². The number of carbonyl (C=O) groups is 2. The summed E-state index contributed by atoms with van der Waals surface area (Å²) < 4.78 is 5.50. The average molecular weight is 302 g/mol. The Balaban J connectivity index is 1.96. The SMILES string of the molecule is O=C(NC(CC1CC1)C(=O)O)c1ccc(Br)o1. The van der Waals surface area contributed by atoms with E-state index in [1.54, 1.807) is 6.07 Å². The van der Waals surface area contributed by atoms with Crippen molar-refractivity contribution in [3.05, 3.63) is 22.6 Å². The molecule has 0 aliphatic heterocycles. The summed E-state index contributed by atoms with van der Waals surface area (Å²) >= 11 is 3.08. The third kappa shape index (κ3) is 3.33. The van der Waals surface area contributed by atoms with E-state index in [4.69, 9.17) is 9.52 Å². The van der Waals surface area contributed by atoms with Crippen LogP contribution in [0, 0.1) is 5.92 Å². The molecule has 2 rings (SSSR count). The molecule has 1 aliphatic rings. The van der Waals surface area contributed by atoms with Gasteiger partial charge >= 0.3 is 5.97 Å². The van der Waals surface area contributed by atoms with E-state index in [0.717, 1.165) is 12.8 Å². The molecule has 1 aliphatic carbocycles. The summed E-state index contributed by atoms with van der Waals surface area (Å²) in [5.41, 5.74) is 0. The van der Waals surface area contributed by atoms with Gasteiger partial charge in [-0.3, -0.25) is 4.79 Å². The number of nitrogens with one attached hydrogen (secondary N) is 1. The van der Waals surface area contributed by atoms with E-state index in [-0.39, 0.29) is 5.76 Å². The zero-order valence-electron chi connectivity index (χ0n) is 8.98. The highest BCUT2D eigenvalue weighted by Crippen LogP contribution is 2.33. The highest BCUT2D eigenvalue weighted by molar-refractivity contribution is 9.10. The second kappa shape index (κ2) is 4.91. The molecule has 2 N–H and O–H groups in total. The number of hydrogen-bond donors (Lipinski definition) is 2. The average Bonchev–Trinajstić information content (AvgIpc) is 2.97. The van der Waals surface area contributed by atoms with Crippen LogP contribution in [0.15, 0.2) is 21.2 Å². The molecule has 0 saturated heterocycles. The lowest BCUT2D eigenvalue weighted by atomic mass is 10.1. The van der Waals surface area contributed by atoms with E-state index in [0.29, 0.717) is 17.0 Å². The molecular formula is C11H12BrNO4. The highest BCUT2D eigenvalue weighted by atomic mass is 79.9. The standard InChI is InChI=1S/C11H12BrNO4/c12-9-4-3-8(17-9)10(14)13-7(11(15)16)5-6-1-2-6/h3-4,6-7H,1-2,5H2,(H,13,14)(H,15,16). The van der Waals surface area contributed by atoms with Crippen LogP contribution in [-0.4, -0.2) is 23.0 Å². The Kier molecular flexibility index (Phi) is 3.51. The number of carboxylic acids is 1. The second-order valence-corrected chi connectivity index (χ2v) is 4.93. The van der Waals surface area contributed by atoms with Crippen LogP contribution in [-0.2, 0) is 4.79 Å². The maximum Gasteiger partial charge on any atom is 0.326 e. The van der Waals surface area contributed by atoms with Gasteiger partial charge in [-0.2, -0.15) is 0 Å². The first-order chi connectivity index (χ1) is 8.06. The van der Waals surface area contributed by atoms with Gasteiger partial charge in [-0.1, -0.05) is 12.8 Å². The van der Waals surface area contributed by atoms with Crippen LogP contribution in [0.4, 0.5) is 0 Å². The maximum absolute atomic E-state index is 11.7. The topological polar surface area (TPSA) is 79.5 Å². The normalized spacial score (nSPS) is 16.5. The third-order valence-corrected chi connectivity index (χ3v) is 3.09. The molecule has 0 spiro atoms. The molecule has 17 heavy (non-hydrogen) atoms. The van der Waals surface area contributed by atoms with Crippen molar-refractivity contribution in [1.29, 1.82) is 0 Å². The summed E-state index contributed by atoms with van der Waals surface area (Å²) in [7, 11) is 0. The van der Waals surface area contributed by atoms with E-state index in [9.17, 15) is 9.59 Å². The second-order valence-electron chi connectivity index (χ2n) is 4.15. The minimum atomic E-state index is -1.00. The van der Waals surface area contributed by atoms with Gasteiger partial charge in [-0.15, -0.1) is 0 Å². The Bertz CT molecular complexity index is 438. The lowest BCUT2D eigenvalue weighted by Gasteiger charge is -2.12. The molecule has 5 nitrogen and oxygen atoms in total. The number of hydrogen-bond acceptors (Lipinski definition) is 3. The first-order valence-electron chi connectivity index (χ1n) is 5.35. The van der Waals surface area contributed by atoms with Crippen LogP contribution in [0.3, 0.4) is 0 Å². The Morgan fingerprint density at radius 3 is 2.71 bits per heavy atom. The van der Waals surface area contributed by atoms with Crippen molar-refractivity contribution in [2.45, 2.75) is 25.3 Å². The molecule has 6 heteroatoms. The Morgan fingerprint density at radius 1 is 1.53 bits per heavy atom. The molecule has 1 amide bonds. The van der Waals surface area contributed by atoms with Crippen LogP contribution >= 0.6 is 15.9 Å². The van der Waals surface area contributed by atoms with Crippen LogP contribution in [0.5, 0.6) is 0 Å². The van der Waals surface area contributed by atoms with Gasteiger partial charge in [0.1, 0.15) is 6.04 Å². The Labute approximate surface area is 106 Å².